The highest BCUT2D eigenvalue weighted by Gasteiger charge is 2.10. The molecule has 2 aromatic rings. The van der Waals surface area contributed by atoms with E-state index >= 15 is 0 Å². The molecule has 0 amide bonds. The zero-order valence-corrected chi connectivity index (χ0v) is 13.6. The Morgan fingerprint density at radius 1 is 0.905 bits per heavy atom. The topological polar surface area (TPSA) is 30.5 Å². The smallest absolute Gasteiger partial charge is 0.161 e. The van der Waals surface area contributed by atoms with Crippen LogP contribution in [-0.4, -0.2) is 14.2 Å². The Morgan fingerprint density at radius 3 is 2.10 bits per heavy atom. The molecule has 0 spiro atoms. The molecule has 2 rings (SSSR count). The van der Waals surface area contributed by atoms with E-state index in [-0.39, 0.29) is 6.04 Å². The second-order valence-corrected chi connectivity index (χ2v) is 5.51. The summed E-state index contributed by atoms with van der Waals surface area (Å²) < 4.78 is 10.6. The van der Waals surface area contributed by atoms with Crippen molar-refractivity contribution in [2.45, 2.75) is 13.0 Å². The summed E-state index contributed by atoms with van der Waals surface area (Å²) in [4.78, 5) is 0. The fourth-order valence-electron chi connectivity index (χ4n) is 2.09. The fourth-order valence-corrected chi connectivity index (χ4v) is 2.62. The lowest BCUT2D eigenvalue weighted by Crippen LogP contribution is -2.07. The number of ether oxygens (including phenoxy) is 2. The van der Waals surface area contributed by atoms with E-state index < -0.39 is 0 Å². The quantitative estimate of drug-likeness (QED) is 0.821. The molecule has 1 unspecified atom stereocenters. The van der Waals surface area contributed by atoms with Crippen molar-refractivity contribution in [3.8, 4) is 11.5 Å². The van der Waals surface area contributed by atoms with Gasteiger partial charge in [0.1, 0.15) is 0 Å². The molecule has 0 saturated heterocycles. The molecule has 5 heteroatoms. The van der Waals surface area contributed by atoms with E-state index in [2.05, 4.69) is 12.2 Å². The summed E-state index contributed by atoms with van der Waals surface area (Å²) in [6, 6.07) is 11.3. The van der Waals surface area contributed by atoms with Crippen LogP contribution in [0, 0.1) is 0 Å². The van der Waals surface area contributed by atoms with Crippen LogP contribution in [0.15, 0.2) is 36.4 Å². The van der Waals surface area contributed by atoms with Gasteiger partial charge in [0.15, 0.2) is 11.5 Å². The van der Waals surface area contributed by atoms with E-state index in [0.717, 1.165) is 11.3 Å². The average Bonchev–Trinajstić information content (AvgIpc) is 2.45. The van der Waals surface area contributed by atoms with E-state index in [9.17, 15) is 0 Å². The van der Waals surface area contributed by atoms with Crippen molar-refractivity contribution < 1.29 is 9.47 Å². The van der Waals surface area contributed by atoms with E-state index in [4.69, 9.17) is 32.7 Å². The monoisotopic (exact) mass is 325 g/mol. The third-order valence-corrected chi connectivity index (χ3v) is 3.59. The maximum absolute atomic E-state index is 6.01. The maximum Gasteiger partial charge on any atom is 0.161 e. The zero-order valence-electron chi connectivity index (χ0n) is 12.1. The molecule has 0 bridgehead atoms. The molecule has 1 atom stereocenters. The second kappa shape index (κ2) is 6.92. The van der Waals surface area contributed by atoms with E-state index in [1.807, 2.05) is 30.3 Å². The average molecular weight is 326 g/mol. The van der Waals surface area contributed by atoms with Gasteiger partial charge >= 0.3 is 0 Å². The van der Waals surface area contributed by atoms with Crippen molar-refractivity contribution in [2.75, 3.05) is 19.5 Å². The predicted octanol–water partition coefficient (Wildman–Crippen LogP) is 5.18. The molecule has 112 valence electrons. The molecule has 2 aromatic carbocycles. The third-order valence-electron chi connectivity index (χ3n) is 3.15. The van der Waals surface area contributed by atoms with Crippen LogP contribution < -0.4 is 14.8 Å². The van der Waals surface area contributed by atoms with Gasteiger partial charge in [0.05, 0.1) is 14.2 Å². The minimum atomic E-state index is 0.0688. The third kappa shape index (κ3) is 3.96. The van der Waals surface area contributed by atoms with Gasteiger partial charge < -0.3 is 14.8 Å². The van der Waals surface area contributed by atoms with Gasteiger partial charge in [-0.2, -0.15) is 0 Å². The van der Waals surface area contributed by atoms with E-state index in [0.29, 0.717) is 21.5 Å². The predicted molar refractivity (Wildman–Crippen MR) is 88.0 cm³/mol. The van der Waals surface area contributed by atoms with Crippen molar-refractivity contribution in [3.63, 3.8) is 0 Å². The molecule has 0 radical (unpaired) electrons. The van der Waals surface area contributed by atoms with Gasteiger partial charge in [-0.3, -0.25) is 0 Å². The Labute approximate surface area is 134 Å². The molecule has 0 aliphatic carbocycles. The molecule has 0 fully saturated rings. The van der Waals surface area contributed by atoms with Crippen LogP contribution in [0.25, 0.3) is 0 Å². The van der Waals surface area contributed by atoms with E-state index in [1.165, 1.54) is 0 Å². The summed E-state index contributed by atoms with van der Waals surface area (Å²) in [5.41, 5.74) is 1.94. The van der Waals surface area contributed by atoms with Crippen LogP contribution in [0.5, 0.6) is 11.5 Å². The lowest BCUT2D eigenvalue weighted by molar-refractivity contribution is 0.354. The maximum atomic E-state index is 6.01. The molecule has 3 nitrogen and oxygen atoms in total. The molecular weight excluding hydrogens is 309 g/mol. The normalized spacial score (nSPS) is 11.9. The number of halogens is 2. The number of methoxy groups -OCH3 is 2. The summed E-state index contributed by atoms with van der Waals surface area (Å²) in [6.07, 6.45) is 0. The molecular formula is C16H17Cl2NO2. The Hall–Kier alpha value is -1.58. The lowest BCUT2D eigenvalue weighted by Gasteiger charge is -2.18. The minimum absolute atomic E-state index is 0.0688. The number of anilines is 1. The molecule has 1 N–H and O–H groups in total. The summed E-state index contributed by atoms with van der Waals surface area (Å²) in [5.74, 6) is 1.41. The van der Waals surface area contributed by atoms with Gasteiger partial charge in [0.25, 0.3) is 0 Å². The molecule has 0 aliphatic rings. The van der Waals surface area contributed by atoms with Crippen LogP contribution in [0.3, 0.4) is 0 Å². The van der Waals surface area contributed by atoms with Gasteiger partial charge in [-0.15, -0.1) is 0 Å². The first-order chi connectivity index (χ1) is 10.0. The first-order valence-corrected chi connectivity index (χ1v) is 7.23. The van der Waals surface area contributed by atoms with Gasteiger partial charge in [0, 0.05) is 21.8 Å². The highest BCUT2D eigenvalue weighted by Crippen LogP contribution is 2.32. The largest absolute Gasteiger partial charge is 0.493 e. The second-order valence-electron chi connectivity index (χ2n) is 4.64. The summed E-state index contributed by atoms with van der Waals surface area (Å²) in [5, 5.41) is 4.57. The number of hydrogen-bond donors (Lipinski definition) is 1. The van der Waals surface area contributed by atoms with Gasteiger partial charge in [-0.1, -0.05) is 29.3 Å². The number of nitrogens with one attached hydrogen (secondary N) is 1. The van der Waals surface area contributed by atoms with Crippen LogP contribution in [0.2, 0.25) is 10.0 Å². The number of benzene rings is 2. The van der Waals surface area contributed by atoms with E-state index in [1.54, 1.807) is 20.3 Å². The van der Waals surface area contributed by atoms with Crippen LogP contribution in [-0.2, 0) is 0 Å². The Kier molecular flexibility index (Phi) is 5.21. The molecule has 0 aromatic heterocycles. The SMILES string of the molecule is COc1ccc(C(C)Nc2cc(Cl)cc(Cl)c2)cc1OC. The fraction of sp³-hybridized carbons (Fsp3) is 0.250. The van der Waals surface area contributed by atoms with Crippen molar-refractivity contribution in [1.29, 1.82) is 0 Å². The van der Waals surface area contributed by atoms with Crippen molar-refractivity contribution in [1.82, 2.24) is 0 Å². The van der Waals surface area contributed by atoms with Gasteiger partial charge in [0.2, 0.25) is 0 Å². The highest BCUT2D eigenvalue weighted by molar-refractivity contribution is 6.35. The lowest BCUT2D eigenvalue weighted by atomic mass is 10.1. The zero-order chi connectivity index (χ0) is 15.4. The van der Waals surface area contributed by atoms with Gasteiger partial charge in [-0.25, -0.2) is 0 Å². The molecule has 0 heterocycles. The summed E-state index contributed by atoms with van der Waals surface area (Å²) in [6.45, 7) is 2.05. The van der Waals surface area contributed by atoms with Crippen LogP contribution in [0.4, 0.5) is 5.69 Å². The highest BCUT2D eigenvalue weighted by atomic mass is 35.5. The summed E-state index contributed by atoms with van der Waals surface area (Å²) >= 11 is 12.0. The van der Waals surface area contributed by atoms with Gasteiger partial charge in [-0.05, 0) is 42.8 Å². The van der Waals surface area contributed by atoms with Crippen LogP contribution in [0.1, 0.15) is 18.5 Å². The van der Waals surface area contributed by atoms with Crippen molar-refractivity contribution >= 4 is 28.9 Å². The molecule has 21 heavy (non-hydrogen) atoms. The number of rotatable bonds is 5. The Balaban J connectivity index is 2.21. The Morgan fingerprint density at radius 2 is 1.52 bits per heavy atom. The number of hydrogen-bond acceptors (Lipinski definition) is 3. The first-order valence-electron chi connectivity index (χ1n) is 6.48. The molecule has 0 saturated carbocycles. The van der Waals surface area contributed by atoms with Crippen LogP contribution >= 0.6 is 23.2 Å². The summed E-state index contributed by atoms with van der Waals surface area (Å²) in [7, 11) is 3.24. The Bertz CT molecular complexity index is 611. The molecule has 0 aliphatic heterocycles. The standard InChI is InChI=1S/C16H17Cl2NO2/c1-10(19-14-8-12(17)7-13(18)9-14)11-4-5-15(20-2)16(6-11)21-3/h4-10,19H,1-3H3. The minimum Gasteiger partial charge on any atom is -0.493 e. The van der Waals surface area contributed by atoms with Crippen molar-refractivity contribution in [2.24, 2.45) is 0 Å². The van der Waals surface area contributed by atoms with Crippen molar-refractivity contribution in [3.05, 3.63) is 52.0 Å². The first kappa shape index (κ1) is 15.8.